The minimum atomic E-state index is -1.11. The average Bonchev–Trinajstić information content (AvgIpc) is 3.67. The van der Waals surface area contributed by atoms with E-state index in [1.807, 2.05) is 60.7 Å². The van der Waals surface area contributed by atoms with Crippen LogP contribution in [0.3, 0.4) is 0 Å². The van der Waals surface area contributed by atoms with Crippen molar-refractivity contribution in [2.24, 2.45) is 11.8 Å². The molecule has 10 nitrogen and oxygen atoms in total. The summed E-state index contributed by atoms with van der Waals surface area (Å²) in [7, 11) is 0. The summed E-state index contributed by atoms with van der Waals surface area (Å²) in [5, 5.41) is 16.6. The number of morpholine rings is 1. The number of fused-ring (bicyclic) bond motifs is 1. The van der Waals surface area contributed by atoms with Gasteiger partial charge in [0.05, 0.1) is 43.8 Å². The molecule has 4 fully saturated rings. The molecule has 6 atom stereocenters. The van der Waals surface area contributed by atoms with Crippen molar-refractivity contribution < 1.29 is 29.0 Å². The van der Waals surface area contributed by atoms with Crippen molar-refractivity contribution in [3.8, 4) is 0 Å². The van der Waals surface area contributed by atoms with Gasteiger partial charge in [-0.3, -0.25) is 19.3 Å². The number of ether oxygens (including phenoxy) is 2. The first-order valence-corrected chi connectivity index (χ1v) is 15.1. The molecular formula is C32H40N4O6. The summed E-state index contributed by atoms with van der Waals surface area (Å²) in [6.07, 6.45) is 1.07. The van der Waals surface area contributed by atoms with E-state index >= 15 is 0 Å². The predicted molar refractivity (Wildman–Crippen MR) is 154 cm³/mol. The fraction of sp³-hybridized carbons (Fsp3) is 0.531. The maximum absolute atomic E-state index is 14.3. The van der Waals surface area contributed by atoms with Crippen LogP contribution in [0, 0.1) is 11.8 Å². The van der Waals surface area contributed by atoms with E-state index in [2.05, 4.69) is 15.5 Å². The fourth-order valence-electron chi connectivity index (χ4n) is 7.38. The largest absolute Gasteiger partial charge is 0.394 e. The molecule has 3 amide bonds. The van der Waals surface area contributed by atoms with Crippen LogP contribution in [0.4, 0.5) is 0 Å². The van der Waals surface area contributed by atoms with Gasteiger partial charge in [-0.05, 0) is 30.4 Å². The molecule has 0 aromatic heterocycles. The average molecular weight is 577 g/mol. The second kappa shape index (κ2) is 12.5. The molecule has 224 valence electrons. The first kappa shape index (κ1) is 28.8. The Morgan fingerprint density at radius 2 is 1.67 bits per heavy atom. The summed E-state index contributed by atoms with van der Waals surface area (Å²) in [4.78, 5) is 45.8. The Morgan fingerprint density at radius 1 is 0.976 bits per heavy atom. The smallest absolute Gasteiger partial charge is 0.245 e. The zero-order chi connectivity index (χ0) is 29.1. The molecule has 4 aliphatic heterocycles. The van der Waals surface area contributed by atoms with Gasteiger partial charge in [0.15, 0.2) is 0 Å². The molecule has 0 radical (unpaired) electrons. The molecule has 4 heterocycles. The molecule has 42 heavy (non-hydrogen) atoms. The van der Waals surface area contributed by atoms with Crippen LogP contribution < -0.4 is 10.6 Å². The highest BCUT2D eigenvalue weighted by atomic mass is 16.5. The summed E-state index contributed by atoms with van der Waals surface area (Å²) in [6.45, 7) is 4.09. The SMILES string of the molecule is O=C(NCCN1CCOCC1)C1N([C@@H](CO)Cc2ccccc2)C(=O)[C@@H]2[C@@H](C(=O)NCc3ccccc3)[C@H]3CCC12O3. The third-order valence-corrected chi connectivity index (χ3v) is 9.35. The molecule has 4 saturated heterocycles. The molecule has 2 bridgehead atoms. The van der Waals surface area contributed by atoms with Crippen molar-refractivity contribution >= 4 is 17.7 Å². The number of amides is 3. The highest BCUT2D eigenvalue weighted by molar-refractivity contribution is 5.99. The molecule has 2 unspecified atom stereocenters. The number of aliphatic hydroxyl groups is 1. The number of benzene rings is 2. The minimum absolute atomic E-state index is 0.235. The van der Waals surface area contributed by atoms with Crippen molar-refractivity contribution in [3.63, 3.8) is 0 Å². The van der Waals surface area contributed by atoms with E-state index in [4.69, 9.17) is 9.47 Å². The lowest BCUT2D eigenvalue weighted by atomic mass is 9.70. The van der Waals surface area contributed by atoms with Crippen molar-refractivity contribution in [3.05, 3.63) is 71.8 Å². The summed E-state index contributed by atoms with van der Waals surface area (Å²) >= 11 is 0. The number of hydrogen-bond donors (Lipinski definition) is 3. The maximum atomic E-state index is 14.3. The van der Waals surface area contributed by atoms with Crippen LogP contribution in [0.5, 0.6) is 0 Å². The number of aliphatic hydroxyl groups excluding tert-OH is 1. The lowest BCUT2D eigenvalue weighted by Gasteiger charge is -2.37. The van der Waals surface area contributed by atoms with Crippen LogP contribution in [0.25, 0.3) is 0 Å². The van der Waals surface area contributed by atoms with E-state index in [1.165, 1.54) is 0 Å². The van der Waals surface area contributed by atoms with Crippen LogP contribution in [0.2, 0.25) is 0 Å². The van der Waals surface area contributed by atoms with Gasteiger partial charge in [-0.2, -0.15) is 0 Å². The Bertz CT molecular complexity index is 1260. The van der Waals surface area contributed by atoms with Gasteiger partial charge in [-0.15, -0.1) is 0 Å². The van der Waals surface area contributed by atoms with Crippen LogP contribution in [-0.2, 0) is 36.8 Å². The van der Waals surface area contributed by atoms with Gasteiger partial charge in [0.2, 0.25) is 17.7 Å². The van der Waals surface area contributed by atoms with Crippen LogP contribution in [-0.4, -0.2) is 102 Å². The van der Waals surface area contributed by atoms with Crippen molar-refractivity contribution in [1.29, 1.82) is 0 Å². The topological polar surface area (TPSA) is 120 Å². The van der Waals surface area contributed by atoms with Gasteiger partial charge >= 0.3 is 0 Å². The Labute approximate surface area is 246 Å². The number of carbonyl (C=O) groups excluding carboxylic acids is 3. The minimum Gasteiger partial charge on any atom is -0.394 e. The molecule has 1 spiro atoms. The van der Waals surface area contributed by atoms with Crippen LogP contribution in [0.15, 0.2) is 60.7 Å². The zero-order valence-corrected chi connectivity index (χ0v) is 23.8. The van der Waals surface area contributed by atoms with Gasteiger partial charge in [0, 0.05) is 32.7 Å². The monoisotopic (exact) mass is 576 g/mol. The number of nitrogens with zero attached hydrogens (tertiary/aromatic N) is 2. The summed E-state index contributed by atoms with van der Waals surface area (Å²) < 4.78 is 12.0. The number of nitrogens with one attached hydrogen (secondary N) is 2. The van der Waals surface area contributed by atoms with E-state index in [-0.39, 0.29) is 24.3 Å². The number of carbonyl (C=O) groups is 3. The van der Waals surface area contributed by atoms with Crippen LogP contribution >= 0.6 is 0 Å². The normalized spacial score (nSPS) is 29.4. The zero-order valence-electron chi connectivity index (χ0n) is 23.8. The standard InChI is InChI=1S/C32H40N4O6/c37-21-24(19-22-7-3-1-4-8-22)36-28(30(39)33-13-14-35-15-17-41-18-16-35)32-12-11-25(42-32)26(27(32)31(36)40)29(38)34-20-23-9-5-2-6-10-23/h1-10,24-28,37H,11-21H2,(H,33,39)(H,34,38)/t24-,25-,26+,27+,28?,32?/m1/s1. The lowest BCUT2D eigenvalue weighted by Crippen LogP contribution is -2.59. The van der Waals surface area contributed by atoms with Crippen molar-refractivity contribution in [1.82, 2.24) is 20.4 Å². The van der Waals surface area contributed by atoms with E-state index in [9.17, 15) is 19.5 Å². The number of rotatable bonds is 11. The Hall–Kier alpha value is -3.31. The third-order valence-electron chi connectivity index (χ3n) is 9.35. The van der Waals surface area contributed by atoms with E-state index < -0.39 is 35.6 Å². The van der Waals surface area contributed by atoms with E-state index in [0.717, 1.165) is 24.2 Å². The molecular weight excluding hydrogens is 536 g/mol. The lowest BCUT2D eigenvalue weighted by molar-refractivity contribution is -0.145. The molecule has 2 aromatic carbocycles. The third kappa shape index (κ3) is 5.44. The van der Waals surface area contributed by atoms with Crippen LogP contribution in [0.1, 0.15) is 24.0 Å². The first-order valence-electron chi connectivity index (χ1n) is 15.1. The molecule has 0 saturated carbocycles. The fourth-order valence-corrected chi connectivity index (χ4v) is 7.38. The second-order valence-corrected chi connectivity index (χ2v) is 11.8. The van der Waals surface area contributed by atoms with Crippen molar-refractivity contribution in [2.75, 3.05) is 46.0 Å². The molecule has 2 aromatic rings. The van der Waals surface area contributed by atoms with E-state index in [0.29, 0.717) is 52.1 Å². The van der Waals surface area contributed by atoms with Gasteiger partial charge in [-0.25, -0.2) is 0 Å². The molecule has 3 N–H and O–H groups in total. The Morgan fingerprint density at radius 3 is 2.36 bits per heavy atom. The number of likely N-dealkylation sites (tertiary alicyclic amines) is 1. The first-order chi connectivity index (χ1) is 20.5. The highest BCUT2D eigenvalue weighted by Crippen LogP contribution is 2.58. The summed E-state index contributed by atoms with van der Waals surface area (Å²) in [5.41, 5.74) is 0.807. The quantitative estimate of drug-likeness (QED) is 0.361. The predicted octanol–water partition coefficient (Wildman–Crippen LogP) is 0.729. The maximum Gasteiger partial charge on any atom is 0.245 e. The van der Waals surface area contributed by atoms with E-state index in [1.54, 1.807) is 4.90 Å². The highest BCUT2D eigenvalue weighted by Gasteiger charge is 2.75. The van der Waals surface area contributed by atoms with Crippen molar-refractivity contribution in [2.45, 2.75) is 49.6 Å². The van der Waals surface area contributed by atoms with Gasteiger partial charge in [0.1, 0.15) is 11.6 Å². The number of hydrogen-bond acceptors (Lipinski definition) is 7. The summed E-state index contributed by atoms with van der Waals surface area (Å²) in [5.74, 6) is -2.30. The Kier molecular flexibility index (Phi) is 8.57. The van der Waals surface area contributed by atoms with Gasteiger partial charge < -0.3 is 30.1 Å². The molecule has 4 aliphatic rings. The second-order valence-electron chi connectivity index (χ2n) is 11.8. The molecule has 0 aliphatic carbocycles. The van der Waals surface area contributed by atoms with Gasteiger partial charge in [-0.1, -0.05) is 60.7 Å². The van der Waals surface area contributed by atoms with Gasteiger partial charge in [0.25, 0.3) is 0 Å². The Balaban J connectivity index is 1.25. The molecule has 10 heteroatoms. The summed E-state index contributed by atoms with van der Waals surface area (Å²) in [6, 6.07) is 17.7. The molecule has 6 rings (SSSR count).